The fourth-order valence-corrected chi connectivity index (χ4v) is 3.15. The fourth-order valence-electron chi connectivity index (χ4n) is 3.15. The zero-order valence-corrected chi connectivity index (χ0v) is 17.8. The van der Waals surface area contributed by atoms with Crippen molar-refractivity contribution >= 4 is 23.2 Å². The third kappa shape index (κ3) is 5.62. The molecule has 8 heteroatoms. The van der Waals surface area contributed by atoms with E-state index in [9.17, 15) is 14.0 Å². The average molecular weight is 444 g/mol. The molecule has 0 atom stereocenters. The van der Waals surface area contributed by atoms with Crippen molar-refractivity contribution in [1.82, 2.24) is 9.78 Å². The summed E-state index contributed by atoms with van der Waals surface area (Å²) in [5, 5.41) is 9.83. The predicted molar refractivity (Wildman–Crippen MR) is 123 cm³/mol. The highest BCUT2D eigenvalue weighted by Gasteiger charge is 2.20. The number of anilines is 2. The maximum Gasteiger partial charge on any atom is 0.280 e. The van der Waals surface area contributed by atoms with Crippen LogP contribution in [0, 0.1) is 5.82 Å². The van der Waals surface area contributed by atoms with Gasteiger partial charge in [-0.25, -0.2) is 9.07 Å². The molecular weight excluding hydrogens is 423 g/mol. The van der Waals surface area contributed by atoms with Crippen molar-refractivity contribution in [3.05, 3.63) is 102 Å². The number of hydrogen-bond donors (Lipinski definition) is 2. The van der Waals surface area contributed by atoms with Crippen LogP contribution in [0.15, 0.2) is 85.1 Å². The van der Waals surface area contributed by atoms with Gasteiger partial charge in [0.25, 0.3) is 5.91 Å². The molecule has 2 amide bonds. The Kier molecular flexibility index (Phi) is 6.45. The summed E-state index contributed by atoms with van der Waals surface area (Å²) in [6, 6.07) is 22.0. The van der Waals surface area contributed by atoms with E-state index >= 15 is 0 Å². The van der Waals surface area contributed by atoms with Crippen LogP contribution in [0.2, 0.25) is 0 Å². The van der Waals surface area contributed by atoms with Gasteiger partial charge < -0.3 is 15.4 Å². The maximum absolute atomic E-state index is 13.3. The molecule has 4 rings (SSSR count). The van der Waals surface area contributed by atoms with Gasteiger partial charge >= 0.3 is 0 Å². The Balaban J connectivity index is 1.61. The first-order valence-electron chi connectivity index (χ1n) is 10.2. The molecule has 7 nitrogen and oxygen atoms in total. The van der Waals surface area contributed by atoms with Gasteiger partial charge in [-0.3, -0.25) is 9.59 Å². The summed E-state index contributed by atoms with van der Waals surface area (Å²) < 4.78 is 20.7. The van der Waals surface area contributed by atoms with E-state index in [2.05, 4.69) is 15.7 Å². The first-order chi connectivity index (χ1) is 16.0. The van der Waals surface area contributed by atoms with Gasteiger partial charge in [0.05, 0.1) is 11.9 Å². The number of amides is 2. The SMILES string of the molecule is CC(=O)Nc1cccc(NC(=O)c2nn(-c3ccc(F)cc3)cc2OCc2ccccc2)c1. The lowest BCUT2D eigenvalue weighted by Gasteiger charge is -2.08. The van der Waals surface area contributed by atoms with E-state index in [4.69, 9.17) is 4.74 Å². The molecule has 0 spiro atoms. The molecule has 166 valence electrons. The molecule has 0 radical (unpaired) electrons. The predicted octanol–water partition coefficient (Wildman–Crippen LogP) is 4.80. The molecular formula is C25H21FN4O3. The lowest BCUT2D eigenvalue weighted by Crippen LogP contribution is -2.15. The number of ether oxygens (including phenoxy) is 1. The maximum atomic E-state index is 13.3. The molecule has 1 aromatic heterocycles. The number of benzene rings is 3. The average Bonchev–Trinajstić information content (AvgIpc) is 3.23. The number of nitrogens with one attached hydrogen (secondary N) is 2. The van der Waals surface area contributed by atoms with Crippen LogP contribution in [-0.4, -0.2) is 21.6 Å². The van der Waals surface area contributed by atoms with E-state index in [0.29, 0.717) is 17.1 Å². The van der Waals surface area contributed by atoms with Gasteiger partial charge in [0.1, 0.15) is 12.4 Å². The Bertz CT molecular complexity index is 1270. The quantitative estimate of drug-likeness (QED) is 0.429. The summed E-state index contributed by atoms with van der Waals surface area (Å²) in [5.41, 5.74) is 2.61. The lowest BCUT2D eigenvalue weighted by molar-refractivity contribution is -0.114. The minimum Gasteiger partial charge on any atom is -0.485 e. The smallest absolute Gasteiger partial charge is 0.280 e. The van der Waals surface area contributed by atoms with Crippen molar-refractivity contribution in [2.45, 2.75) is 13.5 Å². The van der Waals surface area contributed by atoms with E-state index in [0.717, 1.165) is 5.56 Å². The summed E-state index contributed by atoms with van der Waals surface area (Å²) in [4.78, 5) is 24.4. The zero-order valence-electron chi connectivity index (χ0n) is 17.8. The van der Waals surface area contributed by atoms with Crippen LogP contribution in [0.4, 0.5) is 15.8 Å². The molecule has 0 bridgehead atoms. The van der Waals surface area contributed by atoms with Crippen molar-refractivity contribution in [3.8, 4) is 11.4 Å². The summed E-state index contributed by atoms with van der Waals surface area (Å²) in [6.07, 6.45) is 1.58. The second-order valence-corrected chi connectivity index (χ2v) is 7.25. The van der Waals surface area contributed by atoms with Crippen molar-refractivity contribution in [1.29, 1.82) is 0 Å². The van der Waals surface area contributed by atoms with Crippen LogP contribution in [0.5, 0.6) is 5.75 Å². The zero-order chi connectivity index (χ0) is 23.2. The van der Waals surface area contributed by atoms with Crippen LogP contribution >= 0.6 is 0 Å². The molecule has 0 saturated heterocycles. The Morgan fingerprint density at radius 1 is 0.939 bits per heavy atom. The molecule has 33 heavy (non-hydrogen) atoms. The fraction of sp³-hybridized carbons (Fsp3) is 0.0800. The number of aromatic nitrogens is 2. The molecule has 1 heterocycles. The number of hydrogen-bond acceptors (Lipinski definition) is 4. The summed E-state index contributed by atoms with van der Waals surface area (Å²) in [6.45, 7) is 1.65. The number of carbonyl (C=O) groups is 2. The molecule has 0 unspecified atom stereocenters. The van der Waals surface area contributed by atoms with Crippen LogP contribution in [0.1, 0.15) is 23.0 Å². The van der Waals surface area contributed by atoms with Crippen LogP contribution < -0.4 is 15.4 Å². The molecule has 0 fully saturated rings. The van der Waals surface area contributed by atoms with Gasteiger partial charge in [0.15, 0.2) is 11.4 Å². The highest BCUT2D eigenvalue weighted by Crippen LogP contribution is 2.23. The van der Waals surface area contributed by atoms with Gasteiger partial charge in [0, 0.05) is 18.3 Å². The molecule has 4 aromatic rings. The highest BCUT2D eigenvalue weighted by atomic mass is 19.1. The Morgan fingerprint density at radius 2 is 1.64 bits per heavy atom. The van der Waals surface area contributed by atoms with E-state index < -0.39 is 5.91 Å². The normalized spacial score (nSPS) is 10.5. The van der Waals surface area contributed by atoms with Gasteiger partial charge in [-0.1, -0.05) is 36.4 Å². The number of nitrogens with zero attached hydrogens (tertiary/aromatic N) is 2. The Morgan fingerprint density at radius 3 is 2.33 bits per heavy atom. The van der Waals surface area contributed by atoms with Crippen LogP contribution in [-0.2, 0) is 11.4 Å². The highest BCUT2D eigenvalue weighted by molar-refractivity contribution is 6.05. The van der Waals surface area contributed by atoms with Gasteiger partial charge in [-0.2, -0.15) is 5.10 Å². The van der Waals surface area contributed by atoms with Gasteiger partial charge in [-0.05, 0) is 48.0 Å². The van der Waals surface area contributed by atoms with Gasteiger partial charge in [0.2, 0.25) is 5.91 Å². The standard InChI is InChI=1S/C25H21FN4O3/c1-17(31)27-20-8-5-9-21(14-20)28-25(32)24-23(33-16-18-6-3-2-4-7-18)15-30(29-24)22-12-10-19(26)11-13-22/h2-15H,16H2,1H3,(H,27,31)(H,28,32). The van der Waals surface area contributed by atoms with Crippen LogP contribution in [0.3, 0.4) is 0 Å². The van der Waals surface area contributed by atoms with E-state index in [-0.39, 0.29) is 29.8 Å². The summed E-state index contributed by atoms with van der Waals surface area (Å²) >= 11 is 0. The first kappa shape index (κ1) is 21.8. The minimum absolute atomic E-state index is 0.0696. The van der Waals surface area contributed by atoms with Crippen molar-refractivity contribution in [2.24, 2.45) is 0 Å². The molecule has 3 aromatic carbocycles. The number of carbonyl (C=O) groups excluding carboxylic acids is 2. The number of rotatable bonds is 7. The van der Waals surface area contributed by atoms with Crippen molar-refractivity contribution in [2.75, 3.05) is 10.6 Å². The van der Waals surface area contributed by atoms with Crippen molar-refractivity contribution < 1.29 is 18.7 Å². The Hall–Kier alpha value is -4.46. The third-order valence-electron chi connectivity index (χ3n) is 4.66. The second-order valence-electron chi connectivity index (χ2n) is 7.25. The molecule has 0 saturated carbocycles. The topological polar surface area (TPSA) is 85.3 Å². The molecule has 0 aliphatic rings. The molecule has 0 aliphatic heterocycles. The van der Waals surface area contributed by atoms with Gasteiger partial charge in [-0.15, -0.1) is 0 Å². The van der Waals surface area contributed by atoms with Crippen molar-refractivity contribution in [3.63, 3.8) is 0 Å². The minimum atomic E-state index is -0.487. The monoisotopic (exact) mass is 444 g/mol. The summed E-state index contributed by atoms with van der Waals surface area (Å²) in [5.74, 6) is -0.797. The lowest BCUT2D eigenvalue weighted by atomic mass is 10.2. The van der Waals surface area contributed by atoms with E-state index in [1.54, 1.807) is 42.6 Å². The first-order valence-corrected chi connectivity index (χ1v) is 10.2. The third-order valence-corrected chi connectivity index (χ3v) is 4.66. The molecule has 0 aliphatic carbocycles. The summed E-state index contributed by atoms with van der Waals surface area (Å²) in [7, 11) is 0. The molecule has 2 N–H and O–H groups in total. The van der Waals surface area contributed by atoms with Crippen LogP contribution in [0.25, 0.3) is 5.69 Å². The largest absolute Gasteiger partial charge is 0.485 e. The van der Waals surface area contributed by atoms with E-state index in [1.807, 2.05) is 30.3 Å². The number of halogens is 1. The Labute approximate surface area is 189 Å². The second kappa shape index (κ2) is 9.78. The van der Waals surface area contributed by atoms with E-state index in [1.165, 1.54) is 23.7 Å².